The van der Waals surface area contributed by atoms with Crippen molar-refractivity contribution in [3.05, 3.63) is 34.3 Å². The summed E-state index contributed by atoms with van der Waals surface area (Å²) in [6.45, 7) is 6.24. The van der Waals surface area contributed by atoms with Gasteiger partial charge in [-0.25, -0.2) is 0 Å². The lowest BCUT2D eigenvalue weighted by Gasteiger charge is -2.21. The molecule has 1 aromatic carbocycles. The predicted octanol–water partition coefficient (Wildman–Crippen LogP) is 3.87. The third-order valence-corrected chi connectivity index (χ3v) is 3.18. The summed E-state index contributed by atoms with van der Waals surface area (Å²) in [5.74, 6) is 0. The van der Waals surface area contributed by atoms with Crippen molar-refractivity contribution in [1.82, 2.24) is 0 Å². The molecule has 15 heavy (non-hydrogen) atoms. The average molecular weight is 284 g/mol. The van der Waals surface area contributed by atoms with E-state index in [9.17, 15) is 0 Å². The molecular formula is C11H14BrNOSi. The molecule has 1 rings (SSSR count). The minimum atomic E-state index is -1.68. The van der Waals surface area contributed by atoms with E-state index in [0.717, 1.165) is 10.0 Å². The van der Waals surface area contributed by atoms with Gasteiger partial charge >= 0.3 is 0 Å². The second-order valence-corrected chi connectivity index (χ2v) is 9.67. The van der Waals surface area contributed by atoms with Crippen molar-refractivity contribution in [1.29, 1.82) is 5.26 Å². The maximum Gasteiger partial charge on any atom is 0.186 e. The number of benzene rings is 1. The third kappa shape index (κ3) is 4.16. The largest absolute Gasteiger partial charge is 0.399 e. The first-order chi connectivity index (χ1) is 6.92. The van der Waals surface area contributed by atoms with Crippen LogP contribution in [0.5, 0.6) is 0 Å². The highest BCUT2D eigenvalue weighted by atomic mass is 79.9. The van der Waals surface area contributed by atoms with Gasteiger partial charge in [0, 0.05) is 4.47 Å². The summed E-state index contributed by atoms with van der Waals surface area (Å²) in [5, 5.41) is 9.07. The standard InChI is InChI=1S/C11H14BrNOSi/c1-15(2,3)14-11(8-13)9-5-4-6-10(12)7-9/h4-7,11H,1-3H3/t11-/m1/s1. The molecule has 0 unspecified atom stereocenters. The molecule has 1 atom stereocenters. The van der Waals surface area contributed by atoms with E-state index < -0.39 is 14.4 Å². The van der Waals surface area contributed by atoms with E-state index in [1.165, 1.54) is 0 Å². The molecule has 0 aliphatic rings. The monoisotopic (exact) mass is 283 g/mol. The molecule has 0 spiro atoms. The van der Waals surface area contributed by atoms with E-state index in [2.05, 4.69) is 41.6 Å². The molecule has 0 fully saturated rings. The highest BCUT2D eigenvalue weighted by molar-refractivity contribution is 9.10. The van der Waals surface area contributed by atoms with Gasteiger partial charge in [-0.3, -0.25) is 0 Å². The maximum absolute atomic E-state index is 9.07. The Bertz CT molecular complexity index is 381. The van der Waals surface area contributed by atoms with Gasteiger partial charge in [-0.2, -0.15) is 5.26 Å². The van der Waals surface area contributed by atoms with Crippen LogP contribution in [-0.2, 0) is 4.43 Å². The molecule has 0 heterocycles. The summed E-state index contributed by atoms with van der Waals surface area (Å²) in [6, 6.07) is 9.88. The maximum atomic E-state index is 9.07. The number of rotatable bonds is 3. The molecule has 2 nitrogen and oxygen atoms in total. The van der Waals surface area contributed by atoms with Crippen LogP contribution < -0.4 is 0 Å². The van der Waals surface area contributed by atoms with Crippen molar-refractivity contribution in [3.8, 4) is 6.07 Å². The van der Waals surface area contributed by atoms with E-state index in [1.807, 2.05) is 24.3 Å². The molecule has 0 N–H and O–H groups in total. The zero-order valence-electron chi connectivity index (χ0n) is 9.12. The van der Waals surface area contributed by atoms with Crippen molar-refractivity contribution in [3.63, 3.8) is 0 Å². The predicted molar refractivity (Wildman–Crippen MR) is 66.9 cm³/mol. The summed E-state index contributed by atoms with van der Waals surface area (Å²) >= 11 is 3.39. The topological polar surface area (TPSA) is 33.0 Å². The quantitative estimate of drug-likeness (QED) is 0.789. The highest BCUT2D eigenvalue weighted by Crippen LogP contribution is 2.23. The normalized spacial score (nSPS) is 13.3. The zero-order chi connectivity index (χ0) is 11.5. The summed E-state index contributed by atoms with van der Waals surface area (Å²) in [6.07, 6.45) is -0.450. The first-order valence-electron chi connectivity index (χ1n) is 4.75. The van der Waals surface area contributed by atoms with Crippen LogP contribution in [0.4, 0.5) is 0 Å². The van der Waals surface area contributed by atoms with Crippen molar-refractivity contribution in [2.24, 2.45) is 0 Å². The smallest absolute Gasteiger partial charge is 0.186 e. The van der Waals surface area contributed by atoms with E-state index in [1.54, 1.807) is 0 Å². The van der Waals surface area contributed by atoms with Crippen molar-refractivity contribution in [2.75, 3.05) is 0 Å². The van der Waals surface area contributed by atoms with Crippen LogP contribution in [0.1, 0.15) is 11.7 Å². The fraction of sp³-hybridized carbons (Fsp3) is 0.364. The lowest BCUT2D eigenvalue weighted by molar-refractivity contribution is 0.255. The molecule has 0 aliphatic heterocycles. The third-order valence-electron chi connectivity index (χ3n) is 1.74. The van der Waals surface area contributed by atoms with E-state index in [-0.39, 0.29) is 0 Å². The first kappa shape index (κ1) is 12.4. The molecule has 0 aliphatic carbocycles. The van der Waals surface area contributed by atoms with Gasteiger partial charge in [0.2, 0.25) is 0 Å². The number of hydrogen-bond acceptors (Lipinski definition) is 2. The minimum Gasteiger partial charge on any atom is -0.399 e. The average Bonchev–Trinajstić information content (AvgIpc) is 2.13. The number of nitriles is 1. The summed E-state index contributed by atoms with van der Waals surface area (Å²) in [5.41, 5.74) is 0.911. The van der Waals surface area contributed by atoms with Gasteiger partial charge in [-0.1, -0.05) is 28.1 Å². The van der Waals surface area contributed by atoms with Gasteiger partial charge in [0.25, 0.3) is 0 Å². The Morgan fingerprint density at radius 1 is 1.40 bits per heavy atom. The van der Waals surface area contributed by atoms with E-state index in [4.69, 9.17) is 9.69 Å². The van der Waals surface area contributed by atoms with Crippen molar-refractivity contribution < 1.29 is 4.43 Å². The Kier molecular flexibility index (Phi) is 4.09. The molecule has 80 valence electrons. The Morgan fingerprint density at radius 2 is 2.07 bits per heavy atom. The van der Waals surface area contributed by atoms with Crippen LogP contribution in [0.15, 0.2) is 28.7 Å². The van der Waals surface area contributed by atoms with Gasteiger partial charge in [-0.15, -0.1) is 0 Å². The second kappa shape index (κ2) is 4.93. The first-order valence-corrected chi connectivity index (χ1v) is 8.95. The zero-order valence-corrected chi connectivity index (χ0v) is 11.7. The highest BCUT2D eigenvalue weighted by Gasteiger charge is 2.22. The minimum absolute atomic E-state index is 0.450. The van der Waals surface area contributed by atoms with Crippen LogP contribution in [0.3, 0.4) is 0 Å². The Hall–Kier alpha value is -0.633. The molecule has 0 saturated carbocycles. The molecule has 0 bridgehead atoms. The Morgan fingerprint density at radius 3 is 2.53 bits per heavy atom. The molecule has 0 radical (unpaired) electrons. The molecule has 0 saturated heterocycles. The van der Waals surface area contributed by atoms with Crippen LogP contribution in [-0.4, -0.2) is 8.32 Å². The molecule has 4 heteroatoms. The lowest BCUT2D eigenvalue weighted by Crippen LogP contribution is -2.27. The van der Waals surface area contributed by atoms with Crippen LogP contribution >= 0.6 is 15.9 Å². The van der Waals surface area contributed by atoms with Crippen LogP contribution in [0, 0.1) is 11.3 Å². The fourth-order valence-electron chi connectivity index (χ4n) is 1.19. The van der Waals surface area contributed by atoms with Crippen LogP contribution in [0.2, 0.25) is 19.6 Å². The van der Waals surface area contributed by atoms with E-state index in [0.29, 0.717) is 0 Å². The van der Waals surface area contributed by atoms with Gasteiger partial charge in [0.05, 0.1) is 6.07 Å². The van der Waals surface area contributed by atoms with Crippen molar-refractivity contribution >= 4 is 24.2 Å². The Balaban J connectivity index is 2.90. The molecular weight excluding hydrogens is 270 g/mol. The summed E-state index contributed by atoms with van der Waals surface area (Å²) in [4.78, 5) is 0. The Labute approximate surface area is 100 Å². The van der Waals surface area contributed by atoms with E-state index >= 15 is 0 Å². The molecule has 0 amide bonds. The number of nitrogens with zero attached hydrogens (tertiary/aromatic N) is 1. The molecule has 1 aromatic rings. The van der Waals surface area contributed by atoms with Crippen molar-refractivity contribution in [2.45, 2.75) is 25.7 Å². The van der Waals surface area contributed by atoms with Gasteiger partial charge in [-0.05, 0) is 37.3 Å². The summed E-state index contributed by atoms with van der Waals surface area (Å²) in [7, 11) is -1.68. The SMILES string of the molecule is C[Si](C)(C)O[C@H](C#N)c1cccc(Br)c1. The summed E-state index contributed by atoms with van der Waals surface area (Å²) < 4.78 is 6.76. The number of halogens is 1. The van der Waals surface area contributed by atoms with Gasteiger partial charge in [0.1, 0.15) is 0 Å². The lowest BCUT2D eigenvalue weighted by atomic mass is 10.1. The van der Waals surface area contributed by atoms with Crippen LogP contribution in [0.25, 0.3) is 0 Å². The second-order valence-electron chi connectivity index (χ2n) is 4.29. The van der Waals surface area contributed by atoms with Gasteiger partial charge < -0.3 is 4.43 Å². The number of hydrogen-bond donors (Lipinski definition) is 0. The van der Waals surface area contributed by atoms with Gasteiger partial charge in [0.15, 0.2) is 14.4 Å². The fourth-order valence-corrected chi connectivity index (χ4v) is 2.50. The molecule has 0 aromatic heterocycles.